The third-order valence-electron chi connectivity index (χ3n) is 5.83. The average molecular weight is 835 g/mol. The fraction of sp³-hybridized carbons (Fsp3) is 0. The SMILES string of the molecule is Oc1c(F)c(F)c(F)c(F)c1F.Oc1c(F)c(F)c(F)c(F)c1F.Oc1c(F)c(F)c(F)c(F)c1F.Oc1ccccc1.Oc1ccccc1.Oc1ccccc1. The van der Waals surface area contributed by atoms with Crippen LogP contribution in [0.15, 0.2) is 91.0 Å². The smallest absolute Gasteiger partial charge is 0.206 e. The van der Waals surface area contributed by atoms with Crippen LogP contribution in [-0.2, 0) is 0 Å². The van der Waals surface area contributed by atoms with E-state index in [4.69, 9.17) is 30.6 Å². The van der Waals surface area contributed by atoms with Crippen molar-refractivity contribution in [1.29, 1.82) is 0 Å². The van der Waals surface area contributed by atoms with Crippen LogP contribution in [0.2, 0.25) is 0 Å². The van der Waals surface area contributed by atoms with Crippen LogP contribution in [0.25, 0.3) is 0 Å². The molecule has 0 unspecified atom stereocenters. The van der Waals surface area contributed by atoms with Gasteiger partial charge in [0.15, 0.2) is 17.2 Å². The fourth-order valence-electron chi connectivity index (χ4n) is 3.06. The normalized spacial score (nSPS) is 9.74. The van der Waals surface area contributed by atoms with Crippen molar-refractivity contribution in [2.24, 2.45) is 0 Å². The Morgan fingerprint density at radius 1 is 0.193 bits per heavy atom. The molecule has 0 radical (unpaired) electrons. The van der Waals surface area contributed by atoms with E-state index in [9.17, 15) is 65.9 Å². The van der Waals surface area contributed by atoms with Crippen molar-refractivity contribution < 1.29 is 96.5 Å². The summed E-state index contributed by atoms with van der Waals surface area (Å²) in [7, 11) is 0. The van der Waals surface area contributed by atoms with Crippen molar-refractivity contribution in [3.05, 3.63) is 178 Å². The van der Waals surface area contributed by atoms with Crippen LogP contribution in [0.4, 0.5) is 65.9 Å². The predicted octanol–water partition coefficient (Wildman–Crippen LogP) is 10.4. The van der Waals surface area contributed by atoms with Crippen molar-refractivity contribution in [2.75, 3.05) is 0 Å². The number of rotatable bonds is 0. The number of hydrogen-bond acceptors (Lipinski definition) is 6. The summed E-state index contributed by atoms with van der Waals surface area (Å²) in [6.45, 7) is 0. The Bertz CT molecular complexity index is 1650. The molecule has 21 heteroatoms. The maximum atomic E-state index is 12.2. The van der Waals surface area contributed by atoms with Gasteiger partial charge >= 0.3 is 0 Å². The summed E-state index contributed by atoms with van der Waals surface area (Å²) in [5.74, 6) is -37.9. The van der Waals surface area contributed by atoms with Gasteiger partial charge in [0.2, 0.25) is 87.3 Å². The van der Waals surface area contributed by atoms with Crippen molar-refractivity contribution in [2.45, 2.75) is 0 Å². The van der Waals surface area contributed by atoms with E-state index in [0.29, 0.717) is 17.2 Å². The Balaban J connectivity index is 0.000000348. The van der Waals surface area contributed by atoms with Crippen LogP contribution >= 0.6 is 0 Å². The van der Waals surface area contributed by atoms with Gasteiger partial charge in [-0.1, -0.05) is 54.6 Å². The Labute approximate surface area is 309 Å². The number of phenols is 6. The highest BCUT2D eigenvalue weighted by molar-refractivity contribution is 5.30. The third-order valence-corrected chi connectivity index (χ3v) is 5.83. The molecule has 0 spiro atoms. The second kappa shape index (κ2) is 22.4. The third kappa shape index (κ3) is 13.7. The molecule has 6 rings (SSSR count). The first kappa shape index (κ1) is 48.1. The lowest BCUT2D eigenvalue weighted by molar-refractivity contribution is 0.325. The first-order valence-electron chi connectivity index (χ1n) is 14.4. The van der Waals surface area contributed by atoms with Crippen LogP contribution in [0.5, 0.6) is 34.5 Å². The molecule has 0 atom stereocenters. The number of aromatic hydroxyl groups is 6. The summed E-state index contributed by atoms with van der Waals surface area (Å²) in [6, 6.07) is 26.1. The Hall–Kier alpha value is -6.93. The molecule has 0 saturated carbocycles. The van der Waals surface area contributed by atoms with Gasteiger partial charge in [-0.05, 0) is 36.4 Å². The number of para-hydroxylation sites is 3. The molecule has 6 aromatic carbocycles. The highest BCUT2D eigenvalue weighted by Crippen LogP contribution is 2.29. The maximum Gasteiger partial charge on any atom is 0.206 e. The Morgan fingerprint density at radius 3 is 0.421 bits per heavy atom. The summed E-state index contributed by atoms with van der Waals surface area (Å²) >= 11 is 0. The fourth-order valence-corrected chi connectivity index (χ4v) is 3.06. The summed E-state index contributed by atoms with van der Waals surface area (Å²) < 4.78 is 182. The zero-order chi connectivity index (χ0) is 43.7. The topological polar surface area (TPSA) is 121 Å². The predicted molar refractivity (Wildman–Crippen MR) is 168 cm³/mol. The molecule has 0 fully saturated rings. The second-order valence-corrected chi connectivity index (χ2v) is 9.76. The first-order chi connectivity index (χ1) is 26.6. The zero-order valence-electron chi connectivity index (χ0n) is 27.5. The number of halogens is 15. The van der Waals surface area contributed by atoms with E-state index >= 15 is 0 Å². The van der Waals surface area contributed by atoms with Gasteiger partial charge < -0.3 is 30.6 Å². The lowest BCUT2D eigenvalue weighted by Gasteiger charge is -2.00. The standard InChI is InChI=1S/3C6HF5O.3C6H6O/c3*7-1-2(8)4(10)6(12)5(11)3(1)9;3*7-6-4-2-1-3-5-6/h3*12H;3*1-5,7H. The molecule has 0 heterocycles. The first-order valence-corrected chi connectivity index (χ1v) is 14.4. The van der Waals surface area contributed by atoms with Crippen molar-refractivity contribution in [1.82, 2.24) is 0 Å². The molecule has 306 valence electrons. The minimum atomic E-state index is -2.29. The monoisotopic (exact) mass is 834 g/mol. The second-order valence-electron chi connectivity index (χ2n) is 9.76. The molecule has 0 aliphatic carbocycles. The van der Waals surface area contributed by atoms with Crippen LogP contribution in [0.3, 0.4) is 0 Å². The van der Waals surface area contributed by atoms with Gasteiger partial charge in [0, 0.05) is 0 Å². The number of phenolic OH excluding ortho intramolecular Hbond substituents is 6. The quantitative estimate of drug-likeness (QED) is 0.0515. The molecule has 0 bridgehead atoms. The van der Waals surface area contributed by atoms with Crippen LogP contribution < -0.4 is 0 Å². The summed E-state index contributed by atoms with van der Waals surface area (Å²) in [5.41, 5.74) is 0. The largest absolute Gasteiger partial charge is 0.508 e. The van der Waals surface area contributed by atoms with E-state index in [1.54, 1.807) is 72.8 Å². The van der Waals surface area contributed by atoms with E-state index in [1.165, 1.54) is 0 Å². The molecule has 0 aliphatic rings. The van der Waals surface area contributed by atoms with E-state index in [1.807, 2.05) is 18.2 Å². The number of hydrogen-bond donors (Lipinski definition) is 6. The van der Waals surface area contributed by atoms with Crippen LogP contribution in [-0.4, -0.2) is 30.6 Å². The lowest BCUT2D eigenvalue weighted by Crippen LogP contribution is -2.00. The minimum Gasteiger partial charge on any atom is -0.508 e. The van der Waals surface area contributed by atoms with E-state index in [-0.39, 0.29) is 0 Å². The van der Waals surface area contributed by atoms with Crippen molar-refractivity contribution in [3.8, 4) is 34.5 Å². The van der Waals surface area contributed by atoms with Gasteiger partial charge in [0.05, 0.1) is 0 Å². The Morgan fingerprint density at radius 2 is 0.316 bits per heavy atom. The summed E-state index contributed by atoms with van der Waals surface area (Å²) in [5, 5.41) is 50.8. The summed E-state index contributed by atoms with van der Waals surface area (Å²) in [4.78, 5) is 0. The molecule has 6 aromatic rings. The van der Waals surface area contributed by atoms with Gasteiger partial charge in [0.1, 0.15) is 17.2 Å². The highest BCUT2D eigenvalue weighted by atomic mass is 19.2. The van der Waals surface area contributed by atoms with E-state index < -0.39 is 105 Å². The van der Waals surface area contributed by atoms with E-state index in [2.05, 4.69) is 0 Å². The molecular weight excluding hydrogens is 813 g/mol. The van der Waals surface area contributed by atoms with Crippen LogP contribution in [0.1, 0.15) is 0 Å². The van der Waals surface area contributed by atoms with Gasteiger partial charge in [0.25, 0.3) is 0 Å². The van der Waals surface area contributed by atoms with Crippen molar-refractivity contribution >= 4 is 0 Å². The van der Waals surface area contributed by atoms with E-state index in [0.717, 1.165) is 0 Å². The van der Waals surface area contributed by atoms with Gasteiger partial charge in [-0.3, -0.25) is 0 Å². The molecular formula is C36H21F15O6. The molecule has 0 aliphatic heterocycles. The van der Waals surface area contributed by atoms with Crippen molar-refractivity contribution in [3.63, 3.8) is 0 Å². The molecule has 0 saturated heterocycles. The lowest BCUT2D eigenvalue weighted by atomic mass is 10.3. The summed E-state index contributed by atoms with van der Waals surface area (Å²) in [6.07, 6.45) is 0. The Kier molecular flexibility index (Phi) is 18.9. The zero-order valence-corrected chi connectivity index (χ0v) is 27.5. The van der Waals surface area contributed by atoms with Crippen LogP contribution in [0, 0.1) is 87.3 Å². The minimum absolute atomic E-state index is 0.322. The van der Waals surface area contributed by atoms with Gasteiger partial charge in [-0.15, -0.1) is 0 Å². The van der Waals surface area contributed by atoms with Gasteiger partial charge in [-0.25, -0.2) is 39.5 Å². The number of benzene rings is 6. The molecule has 6 N–H and O–H groups in total. The van der Waals surface area contributed by atoms with Gasteiger partial charge in [-0.2, -0.15) is 26.3 Å². The molecule has 0 amide bonds. The molecule has 57 heavy (non-hydrogen) atoms. The average Bonchev–Trinajstić information content (AvgIpc) is 3.22. The molecule has 6 nitrogen and oxygen atoms in total. The highest BCUT2D eigenvalue weighted by Gasteiger charge is 2.27. The molecule has 0 aromatic heterocycles. The maximum absolute atomic E-state index is 12.2.